The standard InChI is InChI=1S/C12H14ClNO5S/c13-20(17,18)11(7-14-9-15)6-12(16)19-8-10-4-2-1-3-5-10/h1-5,9,11H,6-8H2,(H,14,15). The maximum absolute atomic E-state index is 11.6. The van der Waals surface area contributed by atoms with Gasteiger partial charge in [-0.25, -0.2) is 8.42 Å². The molecule has 0 heterocycles. The van der Waals surface area contributed by atoms with Gasteiger partial charge in [0.05, 0.1) is 6.42 Å². The molecule has 1 aromatic rings. The van der Waals surface area contributed by atoms with Crippen molar-refractivity contribution in [3.8, 4) is 0 Å². The van der Waals surface area contributed by atoms with E-state index in [-0.39, 0.29) is 13.2 Å². The van der Waals surface area contributed by atoms with E-state index in [2.05, 4.69) is 5.32 Å². The molecule has 0 bridgehead atoms. The van der Waals surface area contributed by atoms with E-state index in [9.17, 15) is 18.0 Å². The van der Waals surface area contributed by atoms with Crippen LogP contribution in [0.15, 0.2) is 30.3 Å². The molecule has 0 aliphatic carbocycles. The second-order valence-corrected chi connectivity index (χ2v) is 6.88. The van der Waals surface area contributed by atoms with Crippen molar-refractivity contribution in [3.05, 3.63) is 35.9 Å². The summed E-state index contributed by atoms with van der Waals surface area (Å²) < 4.78 is 27.5. The summed E-state index contributed by atoms with van der Waals surface area (Å²) in [5.74, 6) is -0.698. The van der Waals surface area contributed by atoms with Crippen LogP contribution >= 0.6 is 10.7 Å². The van der Waals surface area contributed by atoms with Crippen LogP contribution in [0.3, 0.4) is 0 Å². The minimum atomic E-state index is -3.97. The molecule has 0 saturated carbocycles. The van der Waals surface area contributed by atoms with E-state index in [0.717, 1.165) is 5.56 Å². The van der Waals surface area contributed by atoms with Crippen molar-refractivity contribution in [2.75, 3.05) is 6.54 Å². The van der Waals surface area contributed by atoms with Crippen molar-refractivity contribution in [1.82, 2.24) is 5.32 Å². The van der Waals surface area contributed by atoms with E-state index in [0.29, 0.717) is 6.41 Å². The Bertz CT molecular complexity index is 546. The lowest BCUT2D eigenvalue weighted by Gasteiger charge is -2.12. The monoisotopic (exact) mass is 319 g/mol. The summed E-state index contributed by atoms with van der Waals surface area (Å²) in [6.45, 7) is -0.189. The fourth-order valence-electron chi connectivity index (χ4n) is 1.43. The normalized spacial score (nSPS) is 12.4. The number of hydrogen-bond acceptors (Lipinski definition) is 5. The molecule has 110 valence electrons. The maximum Gasteiger partial charge on any atom is 0.307 e. The zero-order chi connectivity index (χ0) is 15.0. The van der Waals surface area contributed by atoms with Crippen LogP contribution in [0.25, 0.3) is 0 Å². The van der Waals surface area contributed by atoms with Crippen molar-refractivity contribution in [2.45, 2.75) is 18.3 Å². The zero-order valence-corrected chi connectivity index (χ0v) is 12.1. The molecular weight excluding hydrogens is 306 g/mol. The molecule has 20 heavy (non-hydrogen) atoms. The second-order valence-electron chi connectivity index (χ2n) is 3.97. The molecule has 0 aliphatic heterocycles. The first-order valence-corrected chi connectivity index (χ1v) is 8.10. The van der Waals surface area contributed by atoms with Gasteiger partial charge >= 0.3 is 5.97 Å². The Morgan fingerprint density at radius 2 is 2.00 bits per heavy atom. The average Bonchev–Trinajstić information content (AvgIpc) is 2.41. The van der Waals surface area contributed by atoms with Gasteiger partial charge < -0.3 is 10.1 Å². The second kappa shape index (κ2) is 7.86. The molecule has 1 aromatic carbocycles. The van der Waals surface area contributed by atoms with Gasteiger partial charge in [0.1, 0.15) is 11.9 Å². The Kier molecular flexibility index (Phi) is 6.47. The molecule has 1 N–H and O–H groups in total. The van der Waals surface area contributed by atoms with Crippen molar-refractivity contribution in [2.24, 2.45) is 0 Å². The summed E-state index contributed by atoms with van der Waals surface area (Å²) in [6.07, 6.45) is -0.0795. The molecule has 1 atom stereocenters. The highest BCUT2D eigenvalue weighted by Gasteiger charge is 2.26. The third-order valence-corrected chi connectivity index (χ3v) is 4.35. The largest absolute Gasteiger partial charge is 0.461 e. The van der Waals surface area contributed by atoms with E-state index >= 15 is 0 Å². The summed E-state index contributed by atoms with van der Waals surface area (Å²) in [6, 6.07) is 8.97. The van der Waals surface area contributed by atoms with Gasteiger partial charge in [0.15, 0.2) is 0 Å². The molecule has 0 radical (unpaired) electrons. The predicted molar refractivity (Wildman–Crippen MR) is 73.5 cm³/mol. The van der Waals surface area contributed by atoms with E-state index in [1.54, 1.807) is 24.3 Å². The van der Waals surface area contributed by atoms with Crippen LogP contribution in [-0.4, -0.2) is 32.6 Å². The highest BCUT2D eigenvalue weighted by molar-refractivity contribution is 8.14. The quantitative estimate of drug-likeness (QED) is 0.435. The third kappa shape index (κ3) is 6.03. The molecule has 1 unspecified atom stereocenters. The maximum atomic E-state index is 11.6. The molecule has 0 aromatic heterocycles. The third-order valence-electron chi connectivity index (χ3n) is 2.46. The lowest BCUT2D eigenvalue weighted by Crippen LogP contribution is -2.32. The minimum Gasteiger partial charge on any atom is -0.461 e. The van der Waals surface area contributed by atoms with Gasteiger partial charge in [0, 0.05) is 17.2 Å². The molecule has 0 aliphatic rings. The van der Waals surface area contributed by atoms with Crippen molar-refractivity contribution in [1.29, 1.82) is 0 Å². The van der Waals surface area contributed by atoms with Crippen LogP contribution in [0.4, 0.5) is 0 Å². The van der Waals surface area contributed by atoms with Gasteiger partial charge in [-0.3, -0.25) is 9.59 Å². The number of amides is 1. The van der Waals surface area contributed by atoms with Gasteiger partial charge in [-0.2, -0.15) is 0 Å². The summed E-state index contributed by atoms with van der Waals surface area (Å²) >= 11 is 0. The minimum absolute atomic E-state index is 0.0514. The van der Waals surface area contributed by atoms with E-state index in [1.165, 1.54) is 0 Å². The fourth-order valence-corrected chi connectivity index (χ4v) is 2.44. The van der Waals surface area contributed by atoms with Crippen LogP contribution in [0.2, 0.25) is 0 Å². The number of carbonyl (C=O) groups is 2. The van der Waals surface area contributed by atoms with Gasteiger partial charge in [-0.15, -0.1) is 0 Å². The van der Waals surface area contributed by atoms with Gasteiger partial charge in [-0.1, -0.05) is 30.3 Å². The highest BCUT2D eigenvalue weighted by Crippen LogP contribution is 2.12. The molecule has 1 amide bonds. The van der Waals surface area contributed by atoms with Crippen LogP contribution in [0, 0.1) is 0 Å². The molecule has 1 rings (SSSR count). The van der Waals surface area contributed by atoms with E-state index in [4.69, 9.17) is 15.4 Å². The lowest BCUT2D eigenvalue weighted by atomic mass is 10.2. The van der Waals surface area contributed by atoms with Crippen LogP contribution < -0.4 is 5.32 Å². The SMILES string of the molecule is O=CNCC(CC(=O)OCc1ccccc1)S(=O)(=O)Cl. The number of halogens is 1. The van der Waals surface area contributed by atoms with Crippen LogP contribution in [-0.2, 0) is 30.0 Å². The zero-order valence-electron chi connectivity index (χ0n) is 10.5. The number of carbonyl (C=O) groups excluding carboxylic acids is 2. The van der Waals surface area contributed by atoms with Gasteiger partial charge in [0.25, 0.3) is 0 Å². The van der Waals surface area contributed by atoms with Crippen molar-refractivity contribution < 1.29 is 22.7 Å². The van der Waals surface area contributed by atoms with Crippen molar-refractivity contribution in [3.63, 3.8) is 0 Å². The number of ether oxygens (including phenoxy) is 1. The molecular formula is C12H14ClNO5S. The first kappa shape index (κ1) is 16.5. The fraction of sp³-hybridized carbons (Fsp3) is 0.333. The molecule has 6 nitrogen and oxygen atoms in total. The smallest absolute Gasteiger partial charge is 0.307 e. The highest BCUT2D eigenvalue weighted by atomic mass is 35.7. The number of nitrogens with one attached hydrogen (secondary N) is 1. The Labute approximate surface area is 121 Å². The molecule has 0 fully saturated rings. The molecule has 8 heteroatoms. The Morgan fingerprint density at radius 3 is 2.55 bits per heavy atom. The first-order chi connectivity index (χ1) is 9.43. The summed E-state index contributed by atoms with van der Waals surface area (Å²) in [7, 11) is 1.24. The Morgan fingerprint density at radius 1 is 1.35 bits per heavy atom. The molecule has 0 spiro atoms. The number of esters is 1. The van der Waals surface area contributed by atoms with Crippen molar-refractivity contribution >= 4 is 32.1 Å². The number of hydrogen-bond donors (Lipinski definition) is 1. The van der Waals surface area contributed by atoms with E-state index in [1.807, 2.05) is 6.07 Å². The summed E-state index contributed by atoms with van der Waals surface area (Å²) in [4.78, 5) is 21.7. The number of benzene rings is 1. The van der Waals surface area contributed by atoms with Crippen LogP contribution in [0.5, 0.6) is 0 Å². The predicted octanol–water partition coefficient (Wildman–Crippen LogP) is 0.803. The molecule has 0 saturated heterocycles. The Hall–Kier alpha value is -1.60. The average molecular weight is 320 g/mol. The van der Waals surface area contributed by atoms with Gasteiger partial charge in [-0.05, 0) is 5.56 Å². The van der Waals surface area contributed by atoms with Crippen LogP contribution in [0.1, 0.15) is 12.0 Å². The topological polar surface area (TPSA) is 89.5 Å². The lowest BCUT2D eigenvalue weighted by molar-refractivity contribution is -0.145. The van der Waals surface area contributed by atoms with Gasteiger partial charge in [0.2, 0.25) is 15.5 Å². The number of rotatable bonds is 8. The van der Waals surface area contributed by atoms with E-state index < -0.39 is 26.7 Å². The first-order valence-electron chi connectivity index (χ1n) is 5.73. The summed E-state index contributed by atoms with van der Waals surface area (Å²) in [5.41, 5.74) is 0.789. The summed E-state index contributed by atoms with van der Waals surface area (Å²) in [5, 5.41) is 0.972. The Balaban J connectivity index is 2.52.